The van der Waals surface area contributed by atoms with Crippen molar-refractivity contribution in [3.63, 3.8) is 0 Å². The van der Waals surface area contributed by atoms with Crippen LogP contribution in [0.3, 0.4) is 0 Å². The van der Waals surface area contributed by atoms with Crippen molar-refractivity contribution in [2.45, 2.75) is 45.1 Å². The molecule has 1 unspecified atom stereocenters. The second-order valence-electron chi connectivity index (χ2n) is 12.8. The number of rotatable bonds is 8. The van der Waals surface area contributed by atoms with Gasteiger partial charge < -0.3 is 10.2 Å². The van der Waals surface area contributed by atoms with E-state index < -0.39 is 6.04 Å². The summed E-state index contributed by atoms with van der Waals surface area (Å²) in [6, 6.07) is 31.6. The van der Waals surface area contributed by atoms with E-state index in [9.17, 15) is 14.4 Å². The fourth-order valence-electron chi connectivity index (χ4n) is 5.87. The Kier molecular flexibility index (Phi) is 9.31. The number of likely N-dealkylation sites (tertiary alicyclic amines) is 1. The number of nitrogens with zero attached hydrogens (tertiary/aromatic N) is 2. The normalized spacial score (nSPS) is 13.6. The Labute approximate surface area is 279 Å². The number of anilines is 1. The van der Waals surface area contributed by atoms with Crippen molar-refractivity contribution in [1.29, 1.82) is 0 Å². The maximum Gasteiger partial charge on any atom is 0.258 e. The van der Waals surface area contributed by atoms with Gasteiger partial charge in [0.1, 0.15) is 6.04 Å². The maximum absolute atomic E-state index is 13.8. The number of carbonyl (C=O) groups is 3. The van der Waals surface area contributed by atoms with E-state index in [0.717, 1.165) is 29.5 Å². The van der Waals surface area contributed by atoms with E-state index in [1.54, 1.807) is 12.1 Å². The van der Waals surface area contributed by atoms with Gasteiger partial charge in [-0.2, -0.15) is 0 Å². The van der Waals surface area contributed by atoms with Gasteiger partial charge in [-0.25, -0.2) is 4.98 Å². The fourth-order valence-corrected chi connectivity index (χ4v) is 6.57. The van der Waals surface area contributed by atoms with Gasteiger partial charge in [-0.1, -0.05) is 112 Å². The minimum absolute atomic E-state index is 0.0336. The molecule has 0 spiro atoms. The summed E-state index contributed by atoms with van der Waals surface area (Å²) in [6.45, 7) is 7.91. The van der Waals surface area contributed by atoms with E-state index in [2.05, 4.69) is 55.7 Å². The summed E-state index contributed by atoms with van der Waals surface area (Å²) in [7, 11) is 0. The number of aromatic nitrogens is 1. The predicted octanol–water partition coefficient (Wildman–Crippen LogP) is 8.12. The third-order valence-corrected chi connectivity index (χ3v) is 9.24. The highest BCUT2D eigenvalue weighted by atomic mass is 32.1. The lowest BCUT2D eigenvalue weighted by molar-refractivity contribution is -0.132. The summed E-state index contributed by atoms with van der Waals surface area (Å²) < 4.78 is 0. The number of amides is 3. The Balaban J connectivity index is 1.22. The quantitative estimate of drug-likeness (QED) is 0.179. The van der Waals surface area contributed by atoms with Gasteiger partial charge in [0.05, 0.1) is 5.69 Å². The van der Waals surface area contributed by atoms with E-state index in [0.29, 0.717) is 40.6 Å². The lowest BCUT2D eigenvalue weighted by atomic mass is 9.86. The Morgan fingerprint density at radius 3 is 2.00 bits per heavy atom. The highest BCUT2D eigenvalue weighted by Gasteiger charge is 2.30. The summed E-state index contributed by atoms with van der Waals surface area (Å²) in [5, 5.41) is 8.21. The Morgan fingerprint density at radius 2 is 1.34 bits per heavy atom. The summed E-state index contributed by atoms with van der Waals surface area (Å²) in [5.41, 5.74) is 5.90. The molecule has 2 N–H and O–H groups in total. The van der Waals surface area contributed by atoms with Crippen LogP contribution in [0.15, 0.2) is 109 Å². The second-order valence-corrected chi connectivity index (χ2v) is 13.6. The summed E-state index contributed by atoms with van der Waals surface area (Å²) in [6.07, 6.45) is 1.92. The van der Waals surface area contributed by atoms with Gasteiger partial charge in [-0.05, 0) is 52.6 Å². The SMILES string of the molecule is CC(C)(C)c1ccc(-c2ccccc2C(=O)Nc2nc(-c3ccccc3C(=O)NC(C(=O)N3CCCC3)c3ccccc3)cs2)cc1. The highest BCUT2D eigenvalue weighted by Crippen LogP contribution is 2.31. The molecule has 3 amide bonds. The Hall–Kier alpha value is -5.08. The van der Waals surface area contributed by atoms with Crippen LogP contribution in [0.4, 0.5) is 5.13 Å². The first-order chi connectivity index (χ1) is 22.7. The molecule has 2 heterocycles. The largest absolute Gasteiger partial charge is 0.341 e. The molecule has 238 valence electrons. The Morgan fingerprint density at radius 1 is 0.745 bits per heavy atom. The molecule has 47 heavy (non-hydrogen) atoms. The van der Waals surface area contributed by atoms with Crippen LogP contribution in [-0.4, -0.2) is 40.7 Å². The molecule has 1 atom stereocenters. The molecule has 0 radical (unpaired) electrons. The summed E-state index contributed by atoms with van der Waals surface area (Å²) >= 11 is 1.29. The lowest BCUT2D eigenvalue weighted by Gasteiger charge is -2.24. The molecular weight excluding hydrogens is 605 g/mol. The third-order valence-electron chi connectivity index (χ3n) is 8.48. The molecule has 1 aromatic heterocycles. The van der Waals surface area contributed by atoms with E-state index in [1.807, 2.05) is 77.0 Å². The molecule has 0 bridgehead atoms. The summed E-state index contributed by atoms with van der Waals surface area (Å²) in [5.74, 6) is -0.742. The zero-order valence-corrected chi connectivity index (χ0v) is 27.6. The van der Waals surface area contributed by atoms with E-state index in [-0.39, 0.29) is 23.1 Å². The van der Waals surface area contributed by atoms with Crippen molar-refractivity contribution in [2.75, 3.05) is 18.4 Å². The van der Waals surface area contributed by atoms with Crippen LogP contribution in [0.1, 0.15) is 71.5 Å². The molecule has 1 fully saturated rings. The average molecular weight is 643 g/mol. The van der Waals surface area contributed by atoms with Crippen molar-refractivity contribution < 1.29 is 14.4 Å². The molecule has 7 nitrogen and oxygen atoms in total. The molecule has 8 heteroatoms. The first-order valence-electron chi connectivity index (χ1n) is 15.9. The average Bonchev–Trinajstić information content (AvgIpc) is 3.80. The molecule has 4 aromatic carbocycles. The summed E-state index contributed by atoms with van der Waals surface area (Å²) in [4.78, 5) is 47.4. The third kappa shape index (κ3) is 7.18. The minimum atomic E-state index is -0.801. The van der Waals surface area contributed by atoms with Gasteiger partial charge in [0.15, 0.2) is 5.13 Å². The van der Waals surface area contributed by atoms with Crippen LogP contribution in [-0.2, 0) is 10.2 Å². The molecule has 1 aliphatic rings. The van der Waals surface area contributed by atoms with Crippen LogP contribution < -0.4 is 10.6 Å². The van der Waals surface area contributed by atoms with Gasteiger partial charge in [0, 0.05) is 35.2 Å². The van der Waals surface area contributed by atoms with Crippen molar-refractivity contribution in [2.24, 2.45) is 0 Å². The minimum Gasteiger partial charge on any atom is -0.341 e. The second kappa shape index (κ2) is 13.7. The van der Waals surface area contributed by atoms with Crippen LogP contribution in [0.25, 0.3) is 22.4 Å². The van der Waals surface area contributed by atoms with Gasteiger partial charge in [0.2, 0.25) is 5.91 Å². The topological polar surface area (TPSA) is 91.4 Å². The first-order valence-corrected chi connectivity index (χ1v) is 16.8. The lowest BCUT2D eigenvalue weighted by Crippen LogP contribution is -2.42. The number of hydrogen-bond acceptors (Lipinski definition) is 5. The van der Waals surface area contributed by atoms with E-state index in [4.69, 9.17) is 4.98 Å². The van der Waals surface area contributed by atoms with Crippen LogP contribution in [0.2, 0.25) is 0 Å². The molecule has 0 saturated carbocycles. The zero-order chi connectivity index (χ0) is 33.0. The molecule has 1 saturated heterocycles. The molecule has 6 rings (SSSR count). The van der Waals surface area contributed by atoms with Gasteiger partial charge in [0.25, 0.3) is 11.8 Å². The number of benzene rings is 4. The van der Waals surface area contributed by atoms with Crippen LogP contribution in [0, 0.1) is 0 Å². The Bertz CT molecular complexity index is 1890. The number of hydrogen-bond donors (Lipinski definition) is 2. The van der Waals surface area contributed by atoms with Crippen molar-refractivity contribution in [3.05, 3.63) is 131 Å². The monoisotopic (exact) mass is 642 g/mol. The number of carbonyl (C=O) groups excluding carboxylic acids is 3. The maximum atomic E-state index is 13.8. The van der Waals surface area contributed by atoms with Crippen molar-refractivity contribution in [3.8, 4) is 22.4 Å². The van der Waals surface area contributed by atoms with Crippen molar-refractivity contribution in [1.82, 2.24) is 15.2 Å². The molecular formula is C39H38N4O3S. The fraction of sp³-hybridized carbons (Fsp3) is 0.231. The zero-order valence-electron chi connectivity index (χ0n) is 26.8. The molecule has 5 aromatic rings. The standard InChI is InChI=1S/C39H38N4O3S/c1-39(2,3)28-21-19-26(20-22-28)29-15-7-9-17-31(29)36(45)42-38-40-33(25-47-38)30-16-8-10-18-32(30)35(44)41-34(27-13-5-4-6-14-27)37(46)43-23-11-12-24-43/h4-10,13-22,25,34H,11-12,23-24H2,1-3H3,(H,41,44)(H,40,42,45). The van der Waals surface area contributed by atoms with Crippen LogP contribution >= 0.6 is 11.3 Å². The molecule has 1 aliphatic heterocycles. The number of nitrogens with one attached hydrogen (secondary N) is 2. The smallest absolute Gasteiger partial charge is 0.258 e. The van der Waals surface area contributed by atoms with Gasteiger partial charge in [-0.15, -0.1) is 11.3 Å². The van der Waals surface area contributed by atoms with E-state index in [1.165, 1.54) is 16.9 Å². The van der Waals surface area contributed by atoms with Crippen molar-refractivity contribution >= 4 is 34.2 Å². The van der Waals surface area contributed by atoms with Gasteiger partial charge >= 0.3 is 0 Å². The first kappa shape index (κ1) is 31.9. The molecule has 0 aliphatic carbocycles. The highest BCUT2D eigenvalue weighted by molar-refractivity contribution is 7.14. The van der Waals surface area contributed by atoms with Crippen LogP contribution in [0.5, 0.6) is 0 Å². The van der Waals surface area contributed by atoms with E-state index >= 15 is 0 Å². The number of thiazole rings is 1. The predicted molar refractivity (Wildman–Crippen MR) is 189 cm³/mol. The van der Waals surface area contributed by atoms with Gasteiger partial charge in [-0.3, -0.25) is 19.7 Å².